The van der Waals surface area contributed by atoms with Crippen LogP contribution < -0.4 is 5.43 Å². The van der Waals surface area contributed by atoms with Crippen LogP contribution in [0.4, 0.5) is 5.82 Å². The van der Waals surface area contributed by atoms with Gasteiger partial charge in [-0.1, -0.05) is 34.5 Å². The van der Waals surface area contributed by atoms with Crippen LogP contribution in [0.25, 0.3) is 10.8 Å². The molecule has 0 aliphatic carbocycles. The molecular formula is C16H20BrN3. The molecule has 1 aliphatic rings. The van der Waals surface area contributed by atoms with Gasteiger partial charge in [0.2, 0.25) is 0 Å². The van der Waals surface area contributed by atoms with Crippen molar-refractivity contribution in [2.75, 3.05) is 5.43 Å². The van der Waals surface area contributed by atoms with Gasteiger partial charge in [0.15, 0.2) is 0 Å². The minimum atomic E-state index is 0.544. The number of nitrogens with zero attached hydrogens (tertiary/aromatic N) is 2. The third kappa shape index (κ3) is 2.54. The zero-order chi connectivity index (χ0) is 14.1. The molecule has 2 heterocycles. The summed E-state index contributed by atoms with van der Waals surface area (Å²) in [5.74, 6) is 0.949. The van der Waals surface area contributed by atoms with Crippen LogP contribution in [-0.4, -0.2) is 22.1 Å². The molecule has 0 bridgehead atoms. The third-order valence-corrected chi connectivity index (χ3v) is 4.87. The van der Waals surface area contributed by atoms with E-state index in [1.54, 1.807) is 0 Å². The van der Waals surface area contributed by atoms with Gasteiger partial charge >= 0.3 is 0 Å². The van der Waals surface area contributed by atoms with Gasteiger partial charge in [-0.05, 0) is 38.8 Å². The quantitative estimate of drug-likeness (QED) is 0.871. The molecule has 2 atom stereocenters. The van der Waals surface area contributed by atoms with Crippen molar-refractivity contribution in [3.05, 3.63) is 34.9 Å². The van der Waals surface area contributed by atoms with Crippen LogP contribution in [0.5, 0.6) is 0 Å². The topological polar surface area (TPSA) is 28.2 Å². The van der Waals surface area contributed by atoms with Crippen molar-refractivity contribution in [1.29, 1.82) is 0 Å². The predicted molar refractivity (Wildman–Crippen MR) is 87.7 cm³/mol. The Morgan fingerprint density at radius 1 is 1.15 bits per heavy atom. The molecule has 3 rings (SSSR count). The number of anilines is 1. The van der Waals surface area contributed by atoms with Crippen LogP contribution in [0.3, 0.4) is 0 Å². The van der Waals surface area contributed by atoms with Crippen molar-refractivity contribution < 1.29 is 0 Å². The van der Waals surface area contributed by atoms with Crippen LogP contribution in [0.15, 0.2) is 34.9 Å². The maximum Gasteiger partial charge on any atom is 0.148 e. The summed E-state index contributed by atoms with van der Waals surface area (Å²) < 4.78 is 1.11. The van der Waals surface area contributed by atoms with Crippen molar-refractivity contribution in [3.63, 3.8) is 0 Å². The van der Waals surface area contributed by atoms with E-state index in [-0.39, 0.29) is 0 Å². The Kier molecular flexibility index (Phi) is 3.94. The Morgan fingerprint density at radius 2 is 1.90 bits per heavy atom. The molecule has 2 unspecified atom stereocenters. The number of fused-ring (bicyclic) bond motifs is 1. The maximum absolute atomic E-state index is 4.54. The third-order valence-electron chi connectivity index (χ3n) is 4.18. The van der Waals surface area contributed by atoms with Crippen molar-refractivity contribution in [3.8, 4) is 0 Å². The first-order valence-corrected chi connectivity index (χ1v) is 8.04. The van der Waals surface area contributed by atoms with Crippen LogP contribution in [0.1, 0.15) is 33.1 Å². The average Bonchev–Trinajstić information content (AvgIpc) is 2.44. The van der Waals surface area contributed by atoms with E-state index in [9.17, 15) is 0 Å². The van der Waals surface area contributed by atoms with Gasteiger partial charge in [-0.15, -0.1) is 0 Å². The van der Waals surface area contributed by atoms with Crippen molar-refractivity contribution in [2.45, 2.75) is 45.2 Å². The van der Waals surface area contributed by atoms with E-state index in [2.05, 4.69) is 63.4 Å². The minimum Gasteiger partial charge on any atom is -0.302 e. The van der Waals surface area contributed by atoms with Gasteiger partial charge in [0, 0.05) is 33.5 Å². The second kappa shape index (κ2) is 5.70. The lowest BCUT2D eigenvalue weighted by atomic mass is 10.00. The highest BCUT2D eigenvalue weighted by atomic mass is 79.9. The molecule has 20 heavy (non-hydrogen) atoms. The van der Waals surface area contributed by atoms with Crippen molar-refractivity contribution >= 4 is 32.5 Å². The lowest BCUT2D eigenvalue weighted by Crippen LogP contribution is -2.47. The van der Waals surface area contributed by atoms with Gasteiger partial charge < -0.3 is 5.43 Å². The molecule has 1 aliphatic heterocycles. The predicted octanol–water partition coefficient (Wildman–Crippen LogP) is 4.59. The maximum atomic E-state index is 4.54. The van der Waals surface area contributed by atoms with E-state index in [0.717, 1.165) is 15.7 Å². The number of piperidine rings is 1. The van der Waals surface area contributed by atoms with Gasteiger partial charge in [-0.3, -0.25) is 0 Å². The molecule has 1 saturated heterocycles. The molecule has 1 N–H and O–H groups in total. The molecule has 1 aromatic carbocycles. The standard InChI is InChI=1S/C16H20BrN3/c1-11-5-3-6-12(2)20(11)19-16-14-7-4-8-15(17)13(14)9-10-18-16/h4,7-12H,3,5-6H2,1-2H3,(H,18,19). The zero-order valence-corrected chi connectivity index (χ0v) is 13.5. The number of nitrogens with one attached hydrogen (secondary N) is 1. The van der Waals surface area contributed by atoms with Gasteiger partial charge in [0.05, 0.1) is 0 Å². The van der Waals surface area contributed by atoms with Gasteiger partial charge in [-0.2, -0.15) is 0 Å². The fourth-order valence-electron chi connectivity index (χ4n) is 3.02. The van der Waals surface area contributed by atoms with Crippen molar-refractivity contribution in [2.24, 2.45) is 0 Å². The van der Waals surface area contributed by atoms with Crippen LogP contribution in [-0.2, 0) is 0 Å². The first-order valence-electron chi connectivity index (χ1n) is 7.25. The zero-order valence-electron chi connectivity index (χ0n) is 11.9. The Balaban J connectivity index is 1.96. The summed E-state index contributed by atoms with van der Waals surface area (Å²) in [7, 11) is 0. The summed E-state index contributed by atoms with van der Waals surface area (Å²) in [6, 6.07) is 9.38. The highest BCUT2D eigenvalue weighted by Gasteiger charge is 2.25. The molecule has 4 heteroatoms. The number of benzene rings is 1. The Bertz CT molecular complexity index is 604. The van der Waals surface area contributed by atoms with Crippen LogP contribution >= 0.6 is 15.9 Å². The van der Waals surface area contributed by atoms with Gasteiger partial charge in [0.25, 0.3) is 0 Å². The number of halogens is 1. The minimum absolute atomic E-state index is 0.544. The summed E-state index contributed by atoms with van der Waals surface area (Å²) in [5.41, 5.74) is 3.55. The number of hydrogen-bond acceptors (Lipinski definition) is 3. The Hall–Kier alpha value is -1.13. The van der Waals surface area contributed by atoms with E-state index in [4.69, 9.17) is 0 Å². The molecule has 106 valence electrons. The van der Waals surface area contributed by atoms with Gasteiger partial charge in [-0.25, -0.2) is 9.99 Å². The summed E-state index contributed by atoms with van der Waals surface area (Å²) in [6.45, 7) is 4.56. The number of hydrazine groups is 1. The summed E-state index contributed by atoms with van der Waals surface area (Å²) >= 11 is 3.61. The molecular weight excluding hydrogens is 314 g/mol. The van der Waals surface area contributed by atoms with Crippen molar-refractivity contribution in [1.82, 2.24) is 9.99 Å². The summed E-state index contributed by atoms with van der Waals surface area (Å²) in [4.78, 5) is 4.54. The molecule has 2 aromatic rings. The summed E-state index contributed by atoms with van der Waals surface area (Å²) in [6.07, 6.45) is 5.67. The number of aromatic nitrogens is 1. The number of rotatable bonds is 2. The Morgan fingerprint density at radius 3 is 2.65 bits per heavy atom. The molecule has 0 saturated carbocycles. The SMILES string of the molecule is CC1CCCC(C)N1Nc1nccc2c(Br)cccc12. The second-order valence-electron chi connectivity index (χ2n) is 5.64. The monoisotopic (exact) mass is 333 g/mol. The summed E-state index contributed by atoms with van der Waals surface area (Å²) in [5, 5.41) is 4.71. The smallest absolute Gasteiger partial charge is 0.148 e. The second-order valence-corrected chi connectivity index (χ2v) is 6.50. The van der Waals surface area contributed by atoms with E-state index in [1.165, 1.54) is 24.6 Å². The normalized spacial score (nSPS) is 23.9. The molecule has 0 radical (unpaired) electrons. The van der Waals surface area contributed by atoms with Gasteiger partial charge in [0.1, 0.15) is 5.82 Å². The first-order chi connectivity index (χ1) is 9.66. The molecule has 1 aromatic heterocycles. The van der Waals surface area contributed by atoms with E-state index >= 15 is 0 Å². The largest absolute Gasteiger partial charge is 0.302 e. The number of pyridine rings is 1. The average molecular weight is 334 g/mol. The first kappa shape index (κ1) is 13.8. The molecule has 3 nitrogen and oxygen atoms in total. The Labute approximate surface area is 128 Å². The molecule has 0 spiro atoms. The fraction of sp³-hybridized carbons (Fsp3) is 0.438. The highest BCUT2D eigenvalue weighted by Crippen LogP contribution is 2.30. The van der Waals surface area contributed by atoms with E-state index < -0.39 is 0 Å². The lowest BCUT2D eigenvalue weighted by Gasteiger charge is -2.39. The molecule has 1 fully saturated rings. The number of hydrogen-bond donors (Lipinski definition) is 1. The fourth-order valence-corrected chi connectivity index (χ4v) is 3.52. The van der Waals surface area contributed by atoms with Crippen LogP contribution in [0.2, 0.25) is 0 Å². The molecule has 0 amide bonds. The van der Waals surface area contributed by atoms with Crippen LogP contribution in [0, 0.1) is 0 Å². The van der Waals surface area contributed by atoms with E-state index in [1.807, 2.05) is 12.3 Å². The highest BCUT2D eigenvalue weighted by molar-refractivity contribution is 9.10. The van der Waals surface area contributed by atoms with E-state index in [0.29, 0.717) is 12.1 Å². The lowest BCUT2D eigenvalue weighted by molar-refractivity contribution is 0.135.